The second kappa shape index (κ2) is 18.3. The zero-order valence-electron chi connectivity index (χ0n) is 28.5. The highest BCUT2D eigenvalue weighted by Crippen LogP contribution is 2.22. The van der Waals surface area contributed by atoms with E-state index in [1.54, 1.807) is 4.90 Å². The van der Waals surface area contributed by atoms with Crippen molar-refractivity contribution >= 4 is 21.8 Å². The quantitative estimate of drug-likeness (QED) is 0.156. The Labute approximate surface area is 288 Å². The first kappa shape index (κ1) is 39.7. The van der Waals surface area contributed by atoms with Gasteiger partial charge in [-0.25, -0.2) is 21.9 Å². The van der Waals surface area contributed by atoms with Gasteiger partial charge in [0.15, 0.2) is 0 Å². The molecule has 0 unspecified atom stereocenters. The molecule has 0 aromatic heterocycles. The first-order valence-electron chi connectivity index (χ1n) is 16.5. The summed E-state index contributed by atoms with van der Waals surface area (Å²) in [5, 5.41) is 20.7. The lowest BCUT2D eigenvalue weighted by Gasteiger charge is -2.29. The van der Waals surface area contributed by atoms with Crippen molar-refractivity contribution in [3.05, 3.63) is 100 Å². The normalized spacial score (nSPS) is 13.5. The molecule has 0 radical (unpaired) electrons. The van der Waals surface area contributed by atoms with E-state index in [1.807, 2.05) is 45.0 Å². The lowest BCUT2D eigenvalue weighted by molar-refractivity contribution is 0.0554. The summed E-state index contributed by atoms with van der Waals surface area (Å²) in [5.41, 5.74) is 8.12. The zero-order chi connectivity index (χ0) is 36.3. The van der Waals surface area contributed by atoms with Crippen LogP contribution >= 0.6 is 0 Å². The molecule has 0 heterocycles. The maximum atomic E-state index is 14.4. The number of nitrogens with two attached hydrogens (primary N) is 1. The van der Waals surface area contributed by atoms with E-state index >= 15 is 0 Å². The zero-order valence-corrected chi connectivity index (χ0v) is 29.3. The summed E-state index contributed by atoms with van der Waals surface area (Å²) < 4.78 is 56.8. The molecule has 0 saturated heterocycles. The van der Waals surface area contributed by atoms with Crippen molar-refractivity contribution in [3.8, 4) is 0 Å². The molecule has 3 aromatic rings. The maximum absolute atomic E-state index is 14.4. The molecular weight excluding hydrogens is 654 g/mol. The summed E-state index contributed by atoms with van der Waals surface area (Å²) in [7, 11) is -4.29. The number of aliphatic hydroxyl groups is 2. The van der Waals surface area contributed by atoms with E-state index in [-0.39, 0.29) is 41.1 Å². The van der Waals surface area contributed by atoms with Gasteiger partial charge < -0.3 is 25.7 Å². The van der Waals surface area contributed by atoms with E-state index in [0.29, 0.717) is 25.9 Å². The van der Waals surface area contributed by atoms with Gasteiger partial charge in [-0.2, -0.15) is 0 Å². The molecule has 0 aliphatic rings. The predicted octanol–water partition coefficient (Wildman–Crippen LogP) is 4.02. The molecule has 3 aromatic carbocycles. The first-order valence-corrected chi connectivity index (χ1v) is 18.0. The second-order valence-corrected chi connectivity index (χ2v) is 14.0. The standard InChI is InChI=1S/C36H48F2N4O6S/c1-5-11-41(12-6-2)35(45)28-17-29(19-32(18-28)49(47,48)40-24(4)23-43)36(46)42(21-26-10-8-9-25(7-3)13-26)22-34(44)33(39)16-27-14-30(37)20-31(38)15-27/h8-10,13-15,17-20,24,33-34,40,43-44H,5-7,11-12,16,21-23,39H2,1-4H3/t24-,33+,34-/m1/s1. The number of carbonyl (C=O) groups excluding carboxylic acids is 2. The van der Waals surface area contributed by atoms with Crippen molar-refractivity contribution in [2.24, 2.45) is 5.73 Å². The Morgan fingerprint density at radius 1 is 0.857 bits per heavy atom. The maximum Gasteiger partial charge on any atom is 0.254 e. The molecule has 3 atom stereocenters. The molecule has 0 fully saturated rings. The molecule has 13 heteroatoms. The van der Waals surface area contributed by atoms with Crippen molar-refractivity contribution in [1.29, 1.82) is 0 Å². The third kappa shape index (κ3) is 11.4. The van der Waals surface area contributed by atoms with Crippen LogP contribution in [0.3, 0.4) is 0 Å². The number of hydrogen-bond donors (Lipinski definition) is 4. The number of amides is 2. The van der Waals surface area contributed by atoms with Gasteiger partial charge in [-0.1, -0.05) is 45.0 Å². The highest BCUT2D eigenvalue weighted by atomic mass is 32.2. The van der Waals surface area contributed by atoms with Gasteiger partial charge >= 0.3 is 0 Å². The van der Waals surface area contributed by atoms with E-state index < -0.39 is 58.3 Å². The van der Waals surface area contributed by atoms with Crippen molar-refractivity contribution in [2.45, 2.75) is 83.0 Å². The third-order valence-electron chi connectivity index (χ3n) is 7.97. The second-order valence-electron chi connectivity index (χ2n) is 12.3. The monoisotopic (exact) mass is 702 g/mol. The van der Waals surface area contributed by atoms with Crippen molar-refractivity contribution in [3.63, 3.8) is 0 Å². The Balaban J connectivity index is 2.09. The van der Waals surface area contributed by atoms with E-state index in [9.17, 15) is 37.0 Å². The topological polar surface area (TPSA) is 153 Å². The molecule has 0 aliphatic heterocycles. The van der Waals surface area contributed by atoms with Gasteiger partial charge in [0, 0.05) is 55.5 Å². The Bertz CT molecular complexity index is 1660. The van der Waals surface area contributed by atoms with Gasteiger partial charge in [-0.15, -0.1) is 0 Å². The molecule has 0 aliphatic carbocycles. The molecule has 3 rings (SSSR count). The minimum atomic E-state index is -4.29. The summed E-state index contributed by atoms with van der Waals surface area (Å²) in [6.07, 6.45) is 0.617. The molecule has 5 N–H and O–H groups in total. The average molecular weight is 703 g/mol. The number of nitrogens with zero attached hydrogens (tertiary/aromatic N) is 2. The highest BCUT2D eigenvalue weighted by molar-refractivity contribution is 7.89. The van der Waals surface area contributed by atoms with Crippen LogP contribution in [0.1, 0.15) is 77.9 Å². The lowest BCUT2D eigenvalue weighted by atomic mass is 10.0. The molecule has 0 spiro atoms. The summed E-state index contributed by atoms with van der Waals surface area (Å²) in [5.74, 6) is -2.70. The average Bonchev–Trinajstić information content (AvgIpc) is 3.06. The van der Waals surface area contributed by atoms with E-state index in [1.165, 1.54) is 24.0 Å². The van der Waals surface area contributed by atoms with Crippen molar-refractivity contribution < 1.29 is 37.0 Å². The number of aliphatic hydroxyl groups excluding tert-OH is 2. The fourth-order valence-corrected chi connectivity index (χ4v) is 6.78. The van der Waals surface area contributed by atoms with Crippen LogP contribution in [0.5, 0.6) is 0 Å². The van der Waals surface area contributed by atoms with E-state index in [4.69, 9.17) is 5.73 Å². The smallest absolute Gasteiger partial charge is 0.254 e. The third-order valence-corrected chi connectivity index (χ3v) is 9.54. The Kier molecular flexibility index (Phi) is 14.8. The van der Waals surface area contributed by atoms with Crippen LogP contribution in [-0.2, 0) is 29.4 Å². The largest absolute Gasteiger partial charge is 0.395 e. The number of benzene rings is 3. The minimum absolute atomic E-state index is 0.00287. The van der Waals surface area contributed by atoms with Crippen LogP contribution in [0.2, 0.25) is 0 Å². The number of sulfonamides is 1. The SMILES string of the molecule is CCCN(CCC)C(=O)c1cc(C(=O)N(Cc2cccc(CC)c2)C[C@@H](O)[C@@H](N)Cc2cc(F)cc(F)c2)cc(S(=O)(=O)N[C@H](C)CO)c1. The Morgan fingerprint density at radius 2 is 1.43 bits per heavy atom. The number of halogens is 2. The molecule has 0 bridgehead atoms. The first-order chi connectivity index (χ1) is 23.2. The summed E-state index contributed by atoms with van der Waals surface area (Å²) in [6.45, 7) is 7.34. The number of aryl methyl sites for hydroxylation is 1. The van der Waals surface area contributed by atoms with E-state index in [0.717, 1.165) is 41.8 Å². The van der Waals surface area contributed by atoms with Crippen LogP contribution in [-0.4, -0.2) is 84.7 Å². The molecule has 49 heavy (non-hydrogen) atoms. The van der Waals surface area contributed by atoms with Crippen LogP contribution < -0.4 is 10.5 Å². The number of nitrogens with one attached hydrogen (secondary N) is 1. The predicted molar refractivity (Wildman–Crippen MR) is 184 cm³/mol. The van der Waals surface area contributed by atoms with Gasteiger partial charge in [0.05, 0.1) is 17.6 Å². The van der Waals surface area contributed by atoms with Gasteiger partial charge in [0.25, 0.3) is 11.8 Å². The molecule has 0 saturated carbocycles. The Morgan fingerprint density at radius 3 is 1.98 bits per heavy atom. The van der Waals surface area contributed by atoms with E-state index in [2.05, 4.69) is 4.72 Å². The molecule has 268 valence electrons. The Hall–Kier alpha value is -3.75. The fraction of sp³-hybridized carbons (Fsp3) is 0.444. The van der Waals surface area contributed by atoms with Gasteiger partial charge in [0.1, 0.15) is 11.6 Å². The number of hydrogen-bond acceptors (Lipinski definition) is 7. The van der Waals surface area contributed by atoms with Crippen molar-refractivity contribution in [2.75, 3.05) is 26.2 Å². The van der Waals surface area contributed by atoms with Gasteiger partial charge in [-0.3, -0.25) is 9.59 Å². The van der Waals surface area contributed by atoms with Crippen LogP contribution in [0.25, 0.3) is 0 Å². The summed E-state index contributed by atoms with van der Waals surface area (Å²) >= 11 is 0. The molecule has 2 amide bonds. The lowest BCUT2D eigenvalue weighted by Crippen LogP contribution is -2.46. The number of rotatable bonds is 18. The van der Waals surface area contributed by atoms with Crippen molar-refractivity contribution in [1.82, 2.24) is 14.5 Å². The van der Waals surface area contributed by atoms with Gasteiger partial charge in [0.2, 0.25) is 10.0 Å². The summed E-state index contributed by atoms with van der Waals surface area (Å²) in [6, 6.07) is 12.3. The van der Waals surface area contributed by atoms with Crippen LogP contribution in [0.15, 0.2) is 65.6 Å². The van der Waals surface area contributed by atoms with Gasteiger partial charge in [-0.05, 0) is 79.6 Å². The number of carbonyl (C=O) groups is 2. The van der Waals surface area contributed by atoms with Crippen LogP contribution in [0.4, 0.5) is 8.78 Å². The van der Waals surface area contributed by atoms with Crippen LogP contribution in [0, 0.1) is 11.6 Å². The molecule has 10 nitrogen and oxygen atoms in total. The summed E-state index contributed by atoms with van der Waals surface area (Å²) in [4.78, 5) is 30.6. The minimum Gasteiger partial charge on any atom is -0.395 e. The molecular formula is C36H48F2N4O6S. The highest BCUT2D eigenvalue weighted by Gasteiger charge is 2.28. The fourth-order valence-electron chi connectivity index (χ4n) is 5.48.